The molecule has 2 unspecified atom stereocenters. The number of amides is 2. The van der Waals surface area contributed by atoms with E-state index in [0.29, 0.717) is 18.5 Å². The van der Waals surface area contributed by atoms with Crippen molar-refractivity contribution in [3.63, 3.8) is 0 Å². The Morgan fingerprint density at radius 3 is 2.64 bits per heavy atom. The molecular weight excluding hydrogens is 307 g/mol. The lowest BCUT2D eigenvalue weighted by Crippen LogP contribution is -2.30. The van der Waals surface area contributed by atoms with Crippen molar-refractivity contribution in [1.29, 1.82) is 0 Å². The van der Waals surface area contributed by atoms with Crippen LogP contribution in [-0.4, -0.2) is 46.0 Å². The molecule has 1 N–H and O–H groups in total. The number of carbonyl (C=O) groups excluding carboxylic acids is 2. The Kier molecular flexibility index (Phi) is 7.17. The van der Waals surface area contributed by atoms with Crippen LogP contribution in [0.5, 0.6) is 0 Å². The van der Waals surface area contributed by atoms with E-state index in [9.17, 15) is 18.2 Å². The Morgan fingerprint density at radius 2 is 2.05 bits per heavy atom. The van der Waals surface area contributed by atoms with Gasteiger partial charge in [0, 0.05) is 42.8 Å². The first-order chi connectivity index (χ1) is 10.3. The third kappa shape index (κ3) is 5.93. The highest BCUT2D eigenvalue weighted by Crippen LogP contribution is 2.11. The summed E-state index contributed by atoms with van der Waals surface area (Å²) in [5.41, 5.74) is 0.330. The van der Waals surface area contributed by atoms with E-state index < -0.39 is 27.8 Å². The van der Waals surface area contributed by atoms with Gasteiger partial charge in [-0.3, -0.25) is 13.8 Å². The SMILES string of the molecule is CC(C(=O)Nc1cccc(F)c1)S(=O)CCCC(=O)N(C)C. The maximum atomic E-state index is 13.0. The molecular formula is C15H21FN2O3S. The predicted molar refractivity (Wildman–Crippen MR) is 85.4 cm³/mol. The van der Waals surface area contributed by atoms with Crippen LogP contribution in [0.15, 0.2) is 24.3 Å². The van der Waals surface area contributed by atoms with Gasteiger partial charge in [-0.15, -0.1) is 0 Å². The average Bonchev–Trinajstić information content (AvgIpc) is 2.45. The summed E-state index contributed by atoms with van der Waals surface area (Å²) in [7, 11) is 1.94. The normalized spacial score (nSPS) is 13.3. The first-order valence-electron chi connectivity index (χ1n) is 6.95. The van der Waals surface area contributed by atoms with Crippen molar-refractivity contribution < 1.29 is 18.2 Å². The highest BCUT2D eigenvalue weighted by molar-refractivity contribution is 7.86. The average molecular weight is 328 g/mol. The lowest BCUT2D eigenvalue weighted by molar-refractivity contribution is -0.128. The van der Waals surface area contributed by atoms with Crippen LogP contribution in [0.3, 0.4) is 0 Å². The Balaban J connectivity index is 2.45. The number of hydrogen-bond donors (Lipinski definition) is 1. The number of benzene rings is 1. The van der Waals surface area contributed by atoms with E-state index in [1.54, 1.807) is 27.1 Å². The van der Waals surface area contributed by atoms with Crippen LogP contribution in [0.2, 0.25) is 0 Å². The Labute approximate surface area is 132 Å². The summed E-state index contributed by atoms with van der Waals surface area (Å²) in [5.74, 6) is -0.636. The van der Waals surface area contributed by atoms with Crippen LogP contribution in [0.1, 0.15) is 19.8 Å². The van der Waals surface area contributed by atoms with Crippen molar-refractivity contribution in [1.82, 2.24) is 4.90 Å². The number of nitrogens with one attached hydrogen (secondary N) is 1. The Morgan fingerprint density at radius 1 is 1.36 bits per heavy atom. The molecule has 0 fully saturated rings. The lowest BCUT2D eigenvalue weighted by Gasteiger charge is -2.13. The van der Waals surface area contributed by atoms with Crippen molar-refractivity contribution >= 4 is 28.3 Å². The highest BCUT2D eigenvalue weighted by Gasteiger charge is 2.20. The second-order valence-electron chi connectivity index (χ2n) is 5.12. The summed E-state index contributed by atoms with van der Waals surface area (Å²) in [6, 6.07) is 5.52. The Bertz CT molecular complexity index is 563. The van der Waals surface area contributed by atoms with Crippen molar-refractivity contribution in [2.75, 3.05) is 25.2 Å². The minimum atomic E-state index is -1.38. The Hall–Kier alpha value is -1.76. The minimum absolute atomic E-state index is 0.0335. The van der Waals surface area contributed by atoms with Crippen molar-refractivity contribution in [3.8, 4) is 0 Å². The van der Waals surface area contributed by atoms with Crippen molar-refractivity contribution in [2.45, 2.75) is 25.0 Å². The van der Waals surface area contributed by atoms with Gasteiger partial charge in [0.2, 0.25) is 11.8 Å². The van der Waals surface area contributed by atoms with Crippen molar-refractivity contribution in [3.05, 3.63) is 30.1 Å². The quantitative estimate of drug-likeness (QED) is 0.829. The largest absolute Gasteiger partial charge is 0.349 e. The fourth-order valence-corrected chi connectivity index (χ4v) is 2.78. The fourth-order valence-electron chi connectivity index (χ4n) is 1.70. The number of halogens is 1. The summed E-state index contributed by atoms with van der Waals surface area (Å²) in [4.78, 5) is 24.9. The predicted octanol–water partition coefficient (Wildman–Crippen LogP) is 1.77. The van der Waals surface area contributed by atoms with Gasteiger partial charge in [0.1, 0.15) is 11.1 Å². The molecule has 0 heterocycles. The summed E-state index contributed by atoms with van der Waals surface area (Å²) in [5, 5.41) is 1.81. The smallest absolute Gasteiger partial charge is 0.239 e. The summed E-state index contributed by atoms with van der Waals surface area (Å²) < 4.78 is 25.1. The van der Waals surface area contributed by atoms with Crippen molar-refractivity contribution in [2.24, 2.45) is 0 Å². The molecule has 0 radical (unpaired) electrons. The second kappa shape index (κ2) is 8.63. The van der Waals surface area contributed by atoms with Gasteiger partial charge in [-0.05, 0) is 31.5 Å². The minimum Gasteiger partial charge on any atom is -0.349 e. The van der Waals surface area contributed by atoms with E-state index in [4.69, 9.17) is 0 Å². The molecule has 122 valence electrons. The topological polar surface area (TPSA) is 66.5 Å². The molecule has 0 aromatic heterocycles. The summed E-state index contributed by atoms with van der Waals surface area (Å²) in [6.07, 6.45) is 0.762. The van der Waals surface area contributed by atoms with E-state index in [-0.39, 0.29) is 11.7 Å². The number of rotatable bonds is 7. The molecule has 0 saturated carbocycles. The van der Waals surface area contributed by atoms with Crippen LogP contribution < -0.4 is 5.32 Å². The van der Waals surface area contributed by atoms with Crippen LogP contribution >= 0.6 is 0 Å². The molecule has 0 spiro atoms. The van der Waals surface area contributed by atoms with Gasteiger partial charge in [0.25, 0.3) is 0 Å². The van der Waals surface area contributed by atoms with E-state index >= 15 is 0 Å². The van der Waals surface area contributed by atoms with Gasteiger partial charge in [-0.25, -0.2) is 4.39 Å². The number of hydrogen-bond acceptors (Lipinski definition) is 3. The second-order valence-corrected chi connectivity index (χ2v) is 7.00. The van der Waals surface area contributed by atoms with Gasteiger partial charge in [-0.2, -0.15) is 0 Å². The fraction of sp³-hybridized carbons (Fsp3) is 0.467. The zero-order valence-corrected chi connectivity index (χ0v) is 13.8. The van der Waals surface area contributed by atoms with Gasteiger partial charge < -0.3 is 10.2 Å². The molecule has 0 aliphatic heterocycles. The van der Waals surface area contributed by atoms with E-state index in [0.717, 1.165) is 0 Å². The highest BCUT2D eigenvalue weighted by atomic mass is 32.2. The third-order valence-electron chi connectivity index (χ3n) is 3.09. The van der Waals surface area contributed by atoms with Crippen LogP contribution in [0, 0.1) is 5.82 Å². The number of nitrogens with zero attached hydrogens (tertiary/aromatic N) is 1. The molecule has 7 heteroatoms. The van der Waals surface area contributed by atoms with E-state index in [2.05, 4.69) is 5.32 Å². The molecule has 1 aromatic carbocycles. The van der Waals surface area contributed by atoms with Gasteiger partial charge in [0.15, 0.2) is 0 Å². The first kappa shape index (κ1) is 18.3. The zero-order chi connectivity index (χ0) is 16.7. The van der Waals surface area contributed by atoms with E-state index in [1.165, 1.54) is 23.1 Å². The molecule has 2 amide bonds. The molecule has 0 saturated heterocycles. The molecule has 5 nitrogen and oxygen atoms in total. The lowest BCUT2D eigenvalue weighted by atomic mass is 10.3. The number of carbonyl (C=O) groups is 2. The third-order valence-corrected chi connectivity index (χ3v) is 4.78. The molecule has 1 rings (SSSR count). The first-order valence-corrected chi connectivity index (χ1v) is 8.33. The van der Waals surface area contributed by atoms with Gasteiger partial charge >= 0.3 is 0 Å². The molecule has 0 bridgehead atoms. The zero-order valence-electron chi connectivity index (χ0n) is 13.0. The van der Waals surface area contributed by atoms with E-state index in [1.807, 2.05) is 0 Å². The maximum Gasteiger partial charge on any atom is 0.239 e. The van der Waals surface area contributed by atoms with Crippen LogP contribution in [0.4, 0.5) is 10.1 Å². The molecule has 2 atom stereocenters. The van der Waals surface area contributed by atoms with Gasteiger partial charge in [0.05, 0.1) is 0 Å². The van der Waals surface area contributed by atoms with Gasteiger partial charge in [-0.1, -0.05) is 6.07 Å². The van der Waals surface area contributed by atoms with Crippen LogP contribution in [0.25, 0.3) is 0 Å². The molecule has 0 aliphatic carbocycles. The monoisotopic (exact) mass is 328 g/mol. The molecule has 22 heavy (non-hydrogen) atoms. The van der Waals surface area contributed by atoms with Crippen LogP contribution in [-0.2, 0) is 20.4 Å². The maximum absolute atomic E-state index is 13.0. The summed E-state index contributed by atoms with van der Waals surface area (Å²) >= 11 is 0. The molecule has 1 aromatic rings. The number of anilines is 1. The molecule has 0 aliphatic rings. The summed E-state index contributed by atoms with van der Waals surface area (Å²) in [6.45, 7) is 1.55. The standard InChI is InChI=1S/C15H21FN2O3S/c1-11(22(21)9-5-8-14(19)18(2)3)15(20)17-13-7-4-6-12(16)10-13/h4,6-7,10-11H,5,8-9H2,1-3H3,(H,17,20).